The Kier molecular flexibility index (Phi) is 3.96. The lowest BCUT2D eigenvalue weighted by Gasteiger charge is -2.07. The molecular formula is C19H14FN3O3. The van der Waals surface area contributed by atoms with Gasteiger partial charge in [-0.2, -0.15) is 0 Å². The van der Waals surface area contributed by atoms with Crippen molar-refractivity contribution in [2.45, 2.75) is 6.92 Å². The molecule has 26 heavy (non-hydrogen) atoms. The summed E-state index contributed by atoms with van der Waals surface area (Å²) in [6, 6.07) is 11.2. The number of aromatic nitrogens is 2. The lowest BCUT2D eigenvalue weighted by Crippen LogP contribution is -2.23. The summed E-state index contributed by atoms with van der Waals surface area (Å²) in [7, 11) is 0. The van der Waals surface area contributed by atoms with Gasteiger partial charge in [0.05, 0.1) is 17.2 Å². The van der Waals surface area contributed by atoms with Gasteiger partial charge < -0.3 is 14.3 Å². The normalized spacial score (nSPS) is 11.0. The zero-order valence-electron chi connectivity index (χ0n) is 13.8. The summed E-state index contributed by atoms with van der Waals surface area (Å²) in [5.41, 5.74) is 1.34. The first-order valence-electron chi connectivity index (χ1n) is 8.06. The molecule has 6 nitrogen and oxygen atoms in total. The zero-order chi connectivity index (χ0) is 18.1. The summed E-state index contributed by atoms with van der Waals surface area (Å²) in [5, 5.41) is 7.07. The number of pyridine rings is 1. The minimum Gasteiger partial charge on any atom is -0.463 e. The van der Waals surface area contributed by atoms with Gasteiger partial charge in [-0.3, -0.25) is 4.79 Å². The van der Waals surface area contributed by atoms with Crippen LogP contribution in [0.5, 0.6) is 0 Å². The highest BCUT2D eigenvalue weighted by molar-refractivity contribution is 6.10. The summed E-state index contributed by atoms with van der Waals surface area (Å²) in [5.74, 6) is -0.297. The molecule has 4 rings (SSSR count). The third kappa shape index (κ3) is 2.63. The van der Waals surface area contributed by atoms with Crippen molar-refractivity contribution in [3.05, 3.63) is 60.1 Å². The van der Waals surface area contributed by atoms with E-state index in [1.54, 1.807) is 36.4 Å². The number of hydrogen-bond acceptors (Lipinski definition) is 5. The summed E-state index contributed by atoms with van der Waals surface area (Å²) in [4.78, 5) is 17.0. The van der Waals surface area contributed by atoms with Gasteiger partial charge in [0.25, 0.3) is 11.6 Å². The standard InChI is InChI=1S/C19H14FN3O3/c1-2-21-18(24)12-10-14(15-8-5-9-25-15)22-19-16(12)17(23-26-19)11-6-3-4-7-13(11)20/h3-10H,2H2,1H3,(H,21,24). The van der Waals surface area contributed by atoms with Crippen LogP contribution in [-0.4, -0.2) is 22.6 Å². The number of halogens is 1. The van der Waals surface area contributed by atoms with Crippen LogP contribution in [0.25, 0.3) is 33.8 Å². The van der Waals surface area contributed by atoms with Gasteiger partial charge in [0.15, 0.2) is 5.76 Å². The SMILES string of the molecule is CCNC(=O)c1cc(-c2ccco2)nc2onc(-c3ccccc3F)c12. The quantitative estimate of drug-likeness (QED) is 0.600. The van der Waals surface area contributed by atoms with Gasteiger partial charge in [0, 0.05) is 12.1 Å². The number of fused-ring (bicyclic) bond motifs is 1. The zero-order valence-corrected chi connectivity index (χ0v) is 13.8. The molecule has 0 fully saturated rings. The Morgan fingerprint density at radius 3 is 2.81 bits per heavy atom. The molecule has 0 aliphatic carbocycles. The molecule has 7 heteroatoms. The van der Waals surface area contributed by atoms with E-state index >= 15 is 0 Å². The maximum Gasteiger partial charge on any atom is 0.259 e. The summed E-state index contributed by atoms with van der Waals surface area (Å²) >= 11 is 0. The number of hydrogen-bond donors (Lipinski definition) is 1. The fraction of sp³-hybridized carbons (Fsp3) is 0.105. The third-order valence-electron chi connectivity index (χ3n) is 3.93. The molecule has 0 radical (unpaired) electrons. The number of carbonyl (C=O) groups excluding carboxylic acids is 1. The number of rotatable bonds is 4. The fourth-order valence-electron chi connectivity index (χ4n) is 2.77. The van der Waals surface area contributed by atoms with E-state index in [0.717, 1.165) is 0 Å². The molecule has 0 aliphatic rings. The molecular weight excluding hydrogens is 337 g/mol. The second kappa shape index (κ2) is 6.44. The van der Waals surface area contributed by atoms with Crippen molar-refractivity contribution >= 4 is 17.0 Å². The van der Waals surface area contributed by atoms with Crippen molar-refractivity contribution in [1.29, 1.82) is 0 Å². The van der Waals surface area contributed by atoms with Crippen LogP contribution in [0.4, 0.5) is 4.39 Å². The average molecular weight is 351 g/mol. The van der Waals surface area contributed by atoms with E-state index in [1.807, 2.05) is 6.92 Å². The Bertz CT molecular complexity index is 1090. The van der Waals surface area contributed by atoms with Crippen LogP contribution >= 0.6 is 0 Å². The smallest absolute Gasteiger partial charge is 0.259 e. The van der Waals surface area contributed by atoms with Crippen molar-refractivity contribution in [1.82, 2.24) is 15.5 Å². The summed E-state index contributed by atoms with van der Waals surface area (Å²) < 4.78 is 24.9. The van der Waals surface area contributed by atoms with Gasteiger partial charge in [0.2, 0.25) is 0 Å². The van der Waals surface area contributed by atoms with Gasteiger partial charge in [-0.1, -0.05) is 17.3 Å². The number of amides is 1. The van der Waals surface area contributed by atoms with Crippen LogP contribution in [-0.2, 0) is 0 Å². The van der Waals surface area contributed by atoms with E-state index in [4.69, 9.17) is 8.94 Å². The Morgan fingerprint density at radius 2 is 2.08 bits per heavy atom. The van der Waals surface area contributed by atoms with Crippen molar-refractivity contribution < 1.29 is 18.1 Å². The highest BCUT2D eigenvalue weighted by Crippen LogP contribution is 2.33. The molecule has 1 amide bonds. The first-order valence-corrected chi connectivity index (χ1v) is 8.06. The Balaban J connectivity index is 1.99. The van der Waals surface area contributed by atoms with Crippen LogP contribution < -0.4 is 5.32 Å². The minimum absolute atomic E-state index is 0.137. The summed E-state index contributed by atoms with van der Waals surface area (Å²) in [6.45, 7) is 2.26. The first-order chi connectivity index (χ1) is 12.7. The van der Waals surface area contributed by atoms with E-state index in [1.165, 1.54) is 12.3 Å². The van der Waals surface area contributed by atoms with Crippen LogP contribution in [0, 0.1) is 5.82 Å². The maximum atomic E-state index is 14.2. The Hall–Kier alpha value is -3.48. The first kappa shape index (κ1) is 16.0. The largest absolute Gasteiger partial charge is 0.463 e. The van der Waals surface area contributed by atoms with E-state index in [2.05, 4.69) is 15.5 Å². The topological polar surface area (TPSA) is 81.2 Å². The monoisotopic (exact) mass is 351 g/mol. The molecule has 4 aromatic rings. The van der Waals surface area contributed by atoms with Crippen molar-refractivity contribution in [2.75, 3.05) is 6.54 Å². The molecule has 1 N–H and O–H groups in total. The maximum absolute atomic E-state index is 14.2. The number of carbonyl (C=O) groups is 1. The highest BCUT2D eigenvalue weighted by Gasteiger charge is 2.23. The number of nitrogens with zero attached hydrogens (tertiary/aromatic N) is 2. The molecule has 0 bridgehead atoms. The molecule has 130 valence electrons. The predicted molar refractivity (Wildman–Crippen MR) is 92.9 cm³/mol. The fourth-order valence-corrected chi connectivity index (χ4v) is 2.77. The Labute approximate surface area is 147 Å². The van der Waals surface area contributed by atoms with Crippen LogP contribution in [0.15, 0.2) is 57.7 Å². The van der Waals surface area contributed by atoms with Gasteiger partial charge >= 0.3 is 0 Å². The third-order valence-corrected chi connectivity index (χ3v) is 3.93. The van der Waals surface area contributed by atoms with Gasteiger partial charge in [0.1, 0.15) is 17.2 Å². The molecule has 0 atom stereocenters. The molecule has 0 aliphatic heterocycles. The van der Waals surface area contributed by atoms with E-state index in [0.29, 0.717) is 28.9 Å². The van der Waals surface area contributed by atoms with Crippen molar-refractivity contribution in [2.24, 2.45) is 0 Å². The number of furan rings is 1. The van der Waals surface area contributed by atoms with Crippen LogP contribution in [0.2, 0.25) is 0 Å². The number of nitrogens with one attached hydrogen (secondary N) is 1. The van der Waals surface area contributed by atoms with Crippen molar-refractivity contribution in [3.8, 4) is 22.7 Å². The van der Waals surface area contributed by atoms with Gasteiger partial charge in [-0.05, 0) is 37.3 Å². The highest BCUT2D eigenvalue weighted by atomic mass is 19.1. The minimum atomic E-state index is -0.459. The van der Waals surface area contributed by atoms with Crippen molar-refractivity contribution in [3.63, 3.8) is 0 Å². The average Bonchev–Trinajstić information content (AvgIpc) is 3.31. The molecule has 0 saturated carbocycles. The second-order valence-corrected chi connectivity index (χ2v) is 5.58. The predicted octanol–water partition coefficient (Wildman–Crippen LogP) is 4.04. The summed E-state index contributed by atoms with van der Waals surface area (Å²) in [6.07, 6.45) is 1.51. The second-order valence-electron chi connectivity index (χ2n) is 5.58. The molecule has 3 aromatic heterocycles. The van der Waals surface area contributed by atoms with Crippen LogP contribution in [0.1, 0.15) is 17.3 Å². The van der Waals surface area contributed by atoms with Gasteiger partial charge in [-0.25, -0.2) is 9.37 Å². The molecule has 1 aromatic carbocycles. The molecule has 0 saturated heterocycles. The Morgan fingerprint density at radius 1 is 1.23 bits per heavy atom. The van der Waals surface area contributed by atoms with E-state index < -0.39 is 5.82 Å². The van der Waals surface area contributed by atoms with E-state index in [-0.39, 0.29) is 22.9 Å². The number of benzene rings is 1. The molecule has 3 heterocycles. The van der Waals surface area contributed by atoms with E-state index in [9.17, 15) is 9.18 Å². The molecule has 0 spiro atoms. The molecule has 0 unspecified atom stereocenters. The lowest BCUT2D eigenvalue weighted by molar-refractivity contribution is 0.0957. The lowest BCUT2D eigenvalue weighted by atomic mass is 10.0. The van der Waals surface area contributed by atoms with Gasteiger partial charge in [-0.15, -0.1) is 0 Å². The van der Waals surface area contributed by atoms with Crippen LogP contribution in [0.3, 0.4) is 0 Å².